The Kier molecular flexibility index (Phi) is 125. The first-order valence-corrected chi connectivity index (χ1v) is 0.636. The molecule has 0 heterocycles. The third-order valence-electron chi connectivity index (χ3n) is 0. The van der Waals surface area contributed by atoms with Gasteiger partial charge in [-0.3, -0.25) is 0 Å². The average molecular weight is 193 g/mol. The summed E-state index contributed by atoms with van der Waals surface area (Å²) in [6, 6.07) is 0. The first kappa shape index (κ1) is 18.4. The molecule has 4 heteroatoms. The molecule has 1 nitrogen and oxygen atoms in total. The van der Waals surface area contributed by atoms with E-state index in [0.717, 1.165) is 0 Å². The Hall–Kier alpha value is 1.33. The van der Waals surface area contributed by atoms with Gasteiger partial charge in [-0.25, -0.2) is 0 Å². The molecule has 0 aromatic rings. The van der Waals surface area contributed by atoms with Gasteiger partial charge in [0, 0.05) is 33.6 Å². The summed E-state index contributed by atoms with van der Waals surface area (Å²) in [5.41, 5.74) is 0. The van der Waals surface area contributed by atoms with Crippen molar-refractivity contribution in [3.05, 3.63) is 0 Å². The summed E-state index contributed by atoms with van der Waals surface area (Å²) in [7, 11) is 0. The van der Waals surface area contributed by atoms with E-state index in [9.17, 15) is 0 Å². The van der Waals surface area contributed by atoms with Crippen LogP contribution >= 0.6 is 0 Å². The van der Waals surface area contributed by atoms with E-state index in [1.54, 1.807) is 15.9 Å². The predicted molar refractivity (Wildman–Crippen MR) is 0.686 cm³/mol. The molecule has 1 radical (unpaired) electrons. The summed E-state index contributed by atoms with van der Waals surface area (Å²) in [5, 5.41) is 0. The topological polar surface area (TPSA) is 17.1 Å². The standard InChI is InChI=1S/Cu.Mn.Ni.O. The maximum atomic E-state index is 8.06. The van der Waals surface area contributed by atoms with Crippen LogP contribution in [0.15, 0.2) is 0 Å². The van der Waals surface area contributed by atoms with Gasteiger partial charge in [0.05, 0.1) is 0 Å². The van der Waals surface area contributed by atoms with Crippen LogP contribution in [0.5, 0.6) is 0 Å². The van der Waals surface area contributed by atoms with Crippen LogP contribution in [0.25, 0.3) is 0 Å². The Morgan fingerprint density at radius 3 is 1.25 bits per heavy atom. The molecule has 0 fully saturated rings. The quantitative estimate of drug-likeness (QED) is 0.490. The molecular formula is CuMnNiO. The van der Waals surface area contributed by atoms with Gasteiger partial charge in [-0.05, 0) is 0 Å². The molecule has 0 spiro atoms. The molecule has 0 saturated heterocycles. The van der Waals surface area contributed by atoms with E-state index in [-0.39, 0.29) is 33.6 Å². The second kappa shape index (κ2) is 27.1. The molecule has 0 atom stereocenters. The van der Waals surface area contributed by atoms with E-state index in [0.29, 0.717) is 0 Å². The summed E-state index contributed by atoms with van der Waals surface area (Å²) >= 11 is 1.69. The molecule has 34 valence electrons. The van der Waals surface area contributed by atoms with E-state index in [1.165, 1.54) is 0 Å². The van der Waals surface area contributed by atoms with Crippen LogP contribution in [-0.2, 0) is 53.3 Å². The third-order valence-corrected chi connectivity index (χ3v) is 0. The van der Waals surface area contributed by atoms with Crippen molar-refractivity contribution in [1.82, 2.24) is 0 Å². The monoisotopic (exact) mass is 192 g/mol. The molecule has 0 rings (SSSR count). The zero-order valence-corrected chi connectivity index (χ0v) is 4.51. The van der Waals surface area contributed by atoms with Gasteiger partial charge >= 0.3 is 19.8 Å². The van der Waals surface area contributed by atoms with Crippen LogP contribution < -0.4 is 0 Å². The van der Waals surface area contributed by atoms with E-state index >= 15 is 0 Å². The molecule has 0 saturated carbocycles. The second-order valence-corrected chi connectivity index (χ2v) is 0. The van der Waals surface area contributed by atoms with E-state index in [1.807, 2.05) is 0 Å². The second-order valence-electron chi connectivity index (χ2n) is 0. The normalized spacial score (nSPS) is 1.00. The number of hydrogen-bond acceptors (Lipinski definition) is 1. The Morgan fingerprint density at radius 1 is 1.25 bits per heavy atom. The first-order chi connectivity index (χ1) is 1.00. The van der Waals surface area contributed by atoms with Gasteiger partial charge in [-0.2, -0.15) is 0 Å². The predicted octanol–water partition coefficient (Wildman–Crippen LogP) is -0.126. The number of hydrogen-bond donors (Lipinski definition) is 0. The minimum atomic E-state index is 0. The van der Waals surface area contributed by atoms with Crippen LogP contribution in [0.4, 0.5) is 0 Å². The van der Waals surface area contributed by atoms with E-state index in [4.69, 9.17) is 3.83 Å². The Labute approximate surface area is 53.3 Å². The molecule has 0 amide bonds. The Morgan fingerprint density at radius 2 is 1.25 bits per heavy atom. The van der Waals surface area contributed by atoms with Crippen molar-refractivity contribution in [3.8, 4) is 0 Å². The zero-order chi connectivity index (χ0) is 2.00. The fourth-order valence-corrected chi connectivity index (χ4v) is 0. The summed E-state index contributed by atoms with van der Waals surface area (Å²) in [5.74, 6) is 0. The molecule has 0 bridgehead atoms. The minimum absolute atomic E-state index is 0. The Balaban J connectivity index is -0.00000000500. The van der Waals surface area contributed by atoms with Crippen molar-refractivity contribution in [1.29, 1.82) is 0 Å². The van der Waals surface area contributed by atoms with Crippen LogP contribution in [0.1, 0.15) is 0 Å². The van der Waals surface area contributed by atoms with Crippen LogP contribution in [0.2, 0.25) is 0 Å². The van der Waals surface area contributed by atoms with Crippen molar-refractivity contribution in [2.45, 2.75) is 0 Å². The van der Waals surface area contributed by atoms with Gasteiger partial charge in [0.1, 0.15) is 0 Å². The molecule has 4 heavy (non-hydrogen) atoms. The van der Waals surface area contributed by atoms with Crippen molar-refractivity contribution < 1.29 is 53.3 Å². The molecule has 0 aliphatic heterocycles. The maximum absolute atomic E-state index is 8.06. The van der Waals surface area contributed by atoms with Gasteiger partial charge < -0.3 is 0 Å². The number of rotatable bonds is 0. The summed E-state index contributed by atoms with van der Waals surface area (Å²) in [6.45, 7) is 0. The molecule has 0 aliphatic rings. The molecule has 0 aliphatic carbocycles. The summed E-state index contributed by atoms with van der Waals surface area (Å²) in [6.07, 6.45) is 0. The van der Waals surface area contributed by atoms with Crippen molar-refractivity contribution >= 4 is 0 Å². The fraction of sp³-hybridized carbons (Fsp3) is 0. The van der Waals surface area contributed by atoms with Crippen LogP contribution in [-0.4, -0.2) is 0 Å². The van der Waals surface area contributed by atoms with Crippen LogP contribution in [0.3, 0.4) is 0 Å². The van der Waals surface area contributed by atoms with E-state index < -0.39 is 0 Å². The fourth-order valence-electron chi connectivity index (χ4n) is 0. The first-order valence-electron chi connectivity index (χ1n) is 0.154. The molecule has 0 aromatic heterocycles. The van der Waals surface area contributed by atoms with Gasteiger partial charge in [0.25, 0.3) is 0 Å². The third kappa shape index (κ3) is 10.2. The molecule has 0 aromatic carbocycles. The summed E-state index contributed by atoms with van der Waals surface area (Å²) in [4.78, 5) is 0. The van der Waals surface area contributed by atoms with E-state index in [2.05, 4.69) is 0 Å². The molecule has 0 unspecified atom stereocenters. The van der Waals surface area contributed by atoms with Crippen molar-refractivity contribution in [3.63, 3.8) is 0 Å². The molecule has 0 N–H and O–H groups in total. The summed E-state index contributed by atoms with van der Waals surface area (Å²) < 4.78 is 8.06. The van der Waals surface area contributed by atoms with Gasteiger partial charge in [-0.15, -0.1) is 0 Å². The van der Waals surface area contributed by atoms with Crippen LogP contribution in [0, 0.1) is 0 Å². The van der Waals surface area contributed by atoms with Crippen molar-refractivity contribution in [2.24, 2.45) is 0 Å². The average Bonchev–Trinajstić information content (AvgIpc) is 1.00. The Bertz CT molecular complexity index is 8.00. The zero-order valence-electron chi connectivity index (χ0n) is 1.40. The van der Waals surface area contributed by atoms with Gasteiger partial charge in [0.15, 0.2) is 0 Å². The molecular weight excluding hydrogens is 193 g/mol. The van der Waals surface area contributed by atoms with Gasteiger partial charge in [-0.1, -0.05) is 0 Å². The SMILES string of the molecule is [Cu].[Ni].[O]=[Mn]. The van der Waals surface area contributed by atoms with Gasteiger partial charge in [0.2, 0.25) is 0 Å². The van der Waals surface area contributed by atoms with Crippen molar-refractivity contribution in [2.75, 3.05) is 0 Å².